The van der Waals surface area contributed by atoms with Crippen molar-refractivity contribution in [2.24, 2.45) is 0 Å². The predicted molar refractivity (Wildman–Crippen MR) is 58.5 cm³/mol. The molecule has 4 heteroatoms. The first-order valence-corrected chi connectivity index (χ1v) is 6.06. The maximum absolute atomic E-state index is 10.9. The van der Waals surface area contributed by atoms with E-state index in [4.69, 9.17) is 5.11 Å². The molecule has 1 N–H and O–H groups in total. The fraction of sp³-hybridized carbons (Fsp3) is 0.545. The zero-order chi connectivity index (χ0) is 10.6. The first-order chi connectivity index (χ1) is 7.16. The lowest BCUT2D eigenvalue weighted by molar-refractivity contribution is 0.0702. The summed E-state index contributed by atoms with van der Waals surface area (Å²) in [6.07, 6.45) is 3.48. The summed E-state index contributed by atoms with van der Waals surface area (Å²) in [4.78, 5) is 15.1. The van der Waals surface area contributed by atoms with Gasteiger partial charge in [-0.3, -0.25) is 4.90 Å². The van der Waals surface area contributed by atoms with Gasteiger partial charge in [-0.1, -0.05) is 0 Å². The molecule has 2 aliphatic rings. The summed E-state index contributed by atoms with van der Waals surface area (Å²) >= 11 is 1.47. The van der Waals surface area contributed by atoms with Crippen LogP contribution in [0.3, 0.4) is 0 Å². The molecule has 0 aliphatic carbocycles. The molecule has 3 heterocycles. The number of aromatic carboxylic acids is 1. The van der Waals surface area contributed by atoms with Crippen LogP contribution in [0, 0.1) is 0 Å². The van der Waals surface area contributed by atoms with Gasteiger partial charge in [0.1, 0.15) is 4.88 Å². The first kappa shape index (κ1) is 9.36. The molecule has 0 amide bonds. The van der Waals surface area contributed by atoms with Gasteiger partial charge >= 0.3 is 5.97 Å². The molecule has 3 rings (SSSR count). The molecule has 0 spiro atoms. The van der Waals surface area contributed by atoms with E-state index in [1.165, 1.54) is 34.6 Å². The second-order valence-corrected chi connectivity index (χ2v) is 5.55. The van der Waals surface area contributed by atoms with Crippen LogP contribution in [0.1, 0.15) is 39.0 Å². The Morgan fingerprint density at radius 1 is 1.60 bits per heavy atom. The molecule has 2 aliphatic heterocycles. The van der Waals surface area contributed by atoms with E-state index in [2.05, 4.69) is 11.9 Å². The summed E-state index contributed by atoms with van der Waals surface area (Å²) in [7, 11) is 2.16. The minimum absolute atomic E-state index is 0.475. The van der Waals surface area contributed by atoms with Crippen LogP contribution in [0.15, 0.2) is 6.07 Å². The minimum Gasteiger partial charge on any atom is -0.477 e. The van der Waals surface area contributed by atoms with E-state index in [0.29, 0.717) is 17.0 Å². The third-order valence-corrected chi connectivity index (χ3v) is 4.83. The quantitative estimate of drug-likeness (QED) is 0.793. The van der Waals surface area contributed by atoms with E-state index in [0.717, 1.165) is 6.42 Å². The van der Waals surface area contributed by atoms with Gasteiger partial charge in [-0.05, 0) is 37.9 Å². The number of likely N-dealkylation sites (N-methyl/N-ethyl adjacent to an activating group) is 1. The molecule has 0 aromatic carbocycles. The zero-order valence-corrected chi connectivity index (χ0v) is 9.38. The molecule has 80 valence electrons. The Bertz CT molecular complexity index is 426. The second kappa shape index (κ2) is 3.06. The van der Waals surface area contributed by atoms with Crippen LogP contribution in [0.4, 0.5) is 0 Å². The van der Waals surface area contributed by atoms with Crippen molar-refractivity contribution >= 4 is 17.3 Å². The lowest BCUT2D eigenvalue weighted by Gasteiger charge is -2.30. The Balaban J connectivity index is 2.06. The number of carbonyl (C=O) groups is 1. The van der Waals surface area contributed by atoms with E-state index in [-0.39, 0.29) is 0 Å². The Labute approximate surface area is 92.3 Å². The maximum atomic E-state index is 10.9. The SMILES string of the molecule is CN1[C@H]2CC[C@@H]1c1cc(C(=O)O)sc1C2. The molecular formula is C11H13NO2S. The highest BCUT2D eigenvalue weighted by atomic mass is 32.1. The summed E-state index contributed by atoms with van der Waals surface area (Å²) in [5, 5.41) is 8.97. The molecule has 1 aromatic heterocycles. The molecule has 1 saturated heterocycles. The van der Waals surface area contributed by atoms with Crippen LogP contribution in [0.25, 0.3) is 0 Å². The number of carboxylic acid groups (broad SMARTS) is 1. The normalized spacial score (nSPS) is 29.1. The Morgan fingerprint density at radius 3 is 3.13 bits per heavy atom. The van der Waals surface area contributed by atoms with Gasteiger partial charge < -0.3 is 5.11 Å². The summed E-state index contributed by atoms with van der Waals surface area (Å²) in [6, 6.07) is 3.00. The molecule has 0 radical (unpaired) electrons. The molecular weight excluding hydrogens is 210 g/mol. The highest BCUT2D eigenvalue weighted by molar-refractivity contribution is 7.14. The topological polar surface area (TPSA) is 40.5 Å². The number of nitrogens with zero attached hydrogens (tertiary/aromatic N) is 1. The third-order valence-electron chi connectivity index (χ3n) is 3.67. The van der Waals surface area contributed by atoms with Gasteiger partial charge in [0, 0.05) is 17.0 Å². The van der Waals surface area contributed by atoms with Gasteiger partial charge in [-0.2, -0.15) is 0 Å². The van der Waals surface area contributed by atoms with Crippen LogP contribution >= 0.6 is 11.3 Å². The first-order valence-electron chi connectivity index (χ1n) is 5.24. The summed E-state index contributed by atoms with van der Waals surface area (Å²) in [6.45, 7) is 0. The minimum atomic E-state index is -0.784. The Kier molecular flexibility index (Phi) is 1.91. The monoisotopic (exact) mass is 223 g/mol. The van der Waals surface area contributed by atoms with Crippen molar-refractivity contribution in [1.29, 1.82) is 0 Å². The van der Waals surface area contributed by atoms with Crippen molar-refractivity contribution in [1.82, 2.24) is 4.90 Å². The Morgan fingerprint density at radius 2 is 2.40 bits per heavy atom. The van der Waals surface area contributed by atoms with Gasteiger partial charge in [0.2, 0.25) is 0 Å². The van der Waals surface area contributed by atoms with Crippen LogP contribution in [-0.2, 0) is 6.42 Å². The lowest BCUT2D eigenvalue weighted by atomic mass is 10.0. The Hall–Kier alpha value is -0.870. The molecule has 2 atom stereocenters. The lowest BCUT2D eigenvalue weighted by Crippen LogP contribution is -2.33. The zero-order valence-electron chi connectivity index (χ0n) is 8.56. The number of carboxylic acids is 1. The number of hydrogen-bond donors (Lipinski definition) is 1. The van der Waals surface area contributed by atoms with Crippen molar-refractivity contribution in [2.75, 3.05) is 7.05 Å². The molecule has 3 nitrogen and oxygen atoms in total. The molecule has 0 saturated carbocycles. The molecule has 1 fully saturated rings. The standard InChI is InChI=1S/C11H13NO2S/c1-12-6-2-3-8(12)7-5-10(11(13)14)15-9(7)4-6/h5-6,8H,2-4H2,1H3,(H,13,14)/t6-,8+/m0/s1. The number of fused-ring (bicyclic) bond motifs is 4. The number of thiophene rings is 1. The summed E-state index contributed by atoms with van der Waals surface area (Å²) in [5.41, 5.74) is 1.27. The third kappa shape index (κ3) is 1.25. The molecule has 1 aromatic rings. The van der Waals surface area contributed by atoms with E-state index in [9.17, 15) is 4.79 Å². The maximum Gasteiger partial charge on any atom is 0.345 e. The molecule has 0 unspecified atom stereocenters. The summed E-state index contributed by atoms with van der Waals surface area (Å²) < 4.78 is 0. The predicted octanol–water partition coefficient (Wildman–Crippen LogP) is 2.14. The average Bonchev–Trinajstić information content (AvgIpc) is 2.70. The molecule has 15 heavy (non-hydrogen) atoms. The summed E-state index contributed by atoms with van der Waals surface area (Å²) in [5.74, 6) is -0.784. The van der Waals surface area contributed by atoms with Crippen LogP contribution < -0.4 is 0 Å². The highest BCUT2D eigenvalue weighted by Gasteiger charge is 2.38. The van der Waals surface area contributed by atoms with Gasteiger partial charge in [-0.15, -0.1) is 11.3 Å². The van der Waals surface area contributed by atoms with Gasteiger partial charge in [0.15, 0.2) is 0 Å². The van der Waals surface area contributed by atoms with Crippen LogP contribution in [-0.4, -0.2) is 29.1 Å². The molecule has 2 bridgehead atoms. The van der Waals surface area contributed by atoms with Gasteiger partial charge in [-0.25, -0.2) is 4.79 Å². The van der Waals surface area contributed by atoms with Crippen molar-refractivity contribution in [3.05, 3.63) is 21.4 Å². The number of hydrogen-bond acceptors (Lipinski definition) is 3. The average molecular weight is 223 g/mol. The highest BCUT2D eigenvalue weighted by Crippen LogP contribution is 2.45. The van der Waals surface area contributed by atoms with Crippen molar-refractivity contribution < 1.29 is 9.90 Å². The van der Waals surface area contributed by atoms with E-state index in [1.54, 1.807) is 0 Å². The second-order valence-electron chi connectivity index (χ2n) is 4.41. The largest absolute Gasteiger partial charge is 0.477 e. The van der Waals surface area contributed by atoms with Crippen molar-refractivity contribution in [3.8, 4) is 0 Å². The van der Waals surface area contributed by atoms with E-state index >= 15 is 0 Å². The van der Waals surface area contributed by atoms with Crippen molar-refractivity contribution in [2.45, 2.75) is 31.3 Å². The van der Waals surface area contributed by atoms with Gasteiger partial charge in [0.25, 0.3) is 0 Å². The fourth-order valence-electron chi connectivity index (χ4n) is 2.84. The number of rotatable bonds is 1. The van der Waals surface area contributed by atoms with Crippen LogP contribution in [0.2, 0.25) is 0 Å². The van der Waals surface area contributed by atoms with Gasteiger partial charge in [0.05, 0.1) is 0 Å². The van der Waals surface area contributed by atoms with Crippen LogP contribution in [0.5, 0.6) is 0 Å². The fourth-order valence-corrected chi connectivity index (χ4v) is 3.96. The smallest absolute Gasteiger partial charge is 0.345 e. The van der Waals surface area contributed by atoms with Crippen molar-refractivity contribution in [3.63, 3.8) is 0 Å². The van der Waals surface area contributed by atoms with E-state index in [1.807, 2.05) is 6.07 Å². The van der Waals surface area contributed by atoms with E-state index < -0.39 is 5.97 Å².